The van der Waals surface area contributed by atoms with Crippen LogP contribution in [0, 0.1) is 13.8 Å². The lowest BCUT2D eigenvalue weighted by Gasteiger charge is -2.09. The monoisotopic (exact) mass is 392 g/mol. The third-order valence-electron chi connectivity index (χ3n) is 4.71. The van der Waals surface area contributed by atoms with E-state index in [9.17, 15) is 9.59 Å². The van der Waals surface area contributed by atoms with Gasteiger partial charge in [0, 0.05) is 35.4 Å². The van der Waals surface area contributed by atoms with Gasteiger partial charge in [0.05, 0.1) is 0 Å². The molecule has 6 heteroatoms. The van der Waals surface area contributed by atoms with E-state index in [1.807, 2.05) is 67.9 Å². The van der Waals surface area contributed by atoms with Crippen LogP contribution < -0.4 is 10.1 Å². The molecule has 0 radical (unpaired) electrons. The molecule has 0 aliphatic carbocycles. The van der Waals surface area contributed by atoms with Crippen molar-refractivity contribution in [3.63, 3.8) is 0 Å². The van der Waals surface area contributed by atoms with Crippen molar-refractivity contribution >= 4 is 23.1 Å². The Hall–Kier alpha value is -3.54. The number of anilines is 2. The Bertz CT molecular complexity index is 992. The Balaban J connectivity index is 1.45. The van der Waals surface area contributed by atoms with E-state index in [0.29, 0.717) is 11.3 Å². The minimum Gasteiger partial charge on any atom is -0.482 e. The molecular weight excluding hydrogens is 368 g/mol. The predicted molar refractivity (Wildman–Crippen MR) is 112 cm³/mol. The Kier molecular flexibility index (Phi) is 6.34. The number of ketones is 1. The van der Waals surface area contributed by atoms with Crippen molar-refractivity contribution < 1.29 is 19.1 Å². The summed E-state index contributed by atoms with van der Waals surface area (Å²) in [7, 11) is 1.89. The summed E-state index contributed by atoms with van der Waals surface area (Å²) >= 11 is 0. The number of hydrogen-bond acceptors (Lipinski definition) is 5. The first-order chi connectivity index (χ1) is 13.9. The molecule has 0 unspecified atom stereocenters. The van der Waals surface area contributed by atoms with Crippen molar-refractivity contribution in [3.05, 3.63) is 77.6 Å². The van der Waals surface area contributed by atoms with Gasteiger partial charge in [0.1, 0.15) is 5.75 Å². The highest BCUT2D eigenvalue weighted by molar-refractivity contribution is 5.99. The molecule has 1 heterocycles. The van der Waals surface area contributed by atoms with Gasteiger partial charge < -0.3 is 19.4 Å². The Morgan fingerprint density at radius 2 is 1.59 bits per heavy atom. The molecule has 3 aromatic rings. The number of esters is 1. The lowest BCUT2D eigenvalue weighted by Crippen LogP contribution is -2.19. The number of Topliss-reactive ketones (excluding diaryl/α,β-unsaturated/α-hetero) is 1. The molecule has 2 aromatic carbocycles. The predicted octanol–water partition coefficient (Wildman–Crippen LogP) is 4.19. The lowest BCUT2D eigenvalue weighted by atomic mass is 10.1. The molecule has 0 aliphatic heterocycles. The molecule has 6 nitrogen and oxygen atoms in total. The van der Waals surface area contributed by atoms with Gasteiger partial charge in [-0.2, -0.15) is 0 Å². The van der Waals surface area contributed by atoms with Gasteiger partial charge in [-0.3, -0.25) is 4.79 Å². The highest BCUT2D eigenvalue weighted by Gasteiger charge is 2.16. The van der Waals surface area contributed by atoms with Crippen LogP contribution in [0.4, 0.5) is 11.4 Å². The largest absolute Gasteiger partial charge is 0.482 e. The van der Waals surface area contributed by atoms with Gasteiger partial charge in [0.15, 0.2) is 13.2 Å². The van der Waals surface area contributed by atoms with Crippen LogP contribution in [0.15, 0.2) is 60.7 Å². The third-order valence-corrected chi connectivity index (χ3v) is 4.71. The van der Waals surface area contributed by atoms with Crippen molar-refractivity contribution in [2.24, 2.45) is 7.05 Å². The van der Waals surface area contributed by atoms with E-state index in [1.54, 1.807) is 18.2 Å². The maximum Gasteiger partial charge on any atom is 0.344 e. The molecule has 0 atom stereocenters. The van der Waals surface area contributed by atoms with Gasteiger partial charge in [0.2, 0.25) is 5.78 Å². The van der Waals surface area contributed by atoms with E-state index in [-0.39, 0.29) is 19.0 Å². The number of aryl methyl sites for hydroxylation is 1. The van der Waals surface area contributed by atoms with Gasteiger partial charge in [-0.1, -0.05) is 18.2 Å². The van der Waals surface area contributed by atoms with Crippen LogP contribution in [0.3, 0.4) is 0 Å². The maximum atomic E-state index is 12.3. The van der Waals surface area contributed by atoms with Crippen molar-refractivity contribution in [2.45, 2.75) is 13.8 Å². The fourth-order valence-corrected chi connectivity index (χ4v) is 2.87. The van der Waals surface area contributed by atoms with E-state index in [0.717, 1.165) is 22.8 Å². The van der Waals surface area contributed by atoms with Gasteiger partial charge >= 0.3 is 5.97 Å². The van der Waals surface area contributed by atoms with E-state index >= 15 is 0 Å². The standard InChI is InChI=1S/C23H24N2O4/c1-16-13-21(17(2)25(16)3)22(26)14-29-23(27)15-28-20-11-9-19(10-12-20)24-18-7-5-4-6-8-18/h4-13,24H,14-15H2,1-3H3. The van der Waals surface area contributed by atoms with Crippen molar-refractivity contribution in [1.82, 2.24) is 4.57 Å². The fourth-order valence-electron chi connectivity index (χ4n) is 2.87. The number of rotatable bonds is 8. The molecule has 0 saturated heterocycles. The van der Waals surface area contributed by atoms with E-state index < -0.39 is 5.97 Å². The van der Waals surface area contributed by atoms with Gasteiger partial charge in [-0.05, 0) is 56.3 Å². The average molecular weight is 392 g/mol. The molecule has 29 heavy (non-hydrogen) atoms. The fraction of sp³-hybridized carbons (Fsp3) is 0.217. The molecular formula is C23H24N2O4. The first-order valence-electron chi connectivity index (χ1n) is 9.30. The zero-order valence-electron chi connectivity index (χ0n) is 16.8. The second kappa shape index (κ2) is 9.10. The smallest absolute Gasteiger partial charge is 0.344 e. The number of carbonyl (C=O) groups is 2. The molecule has 1 N–H and O–H groups in total. The second-order valence-electron chi connectivity index (χ2n) is 6.73. The molecule has 0 amide bonds. The SMILES string of the molecule is Cc1cc(C(=O)COC(=O)COc2ccc(Nc3ccccc3)cc2)c(C)n1C. The number of nitrogens with one attached hydrogen (secondary N) is 1. The molecule has 0 fully saturated rings. The zero-order chi connectivity index (χ0) is 20.8. The summed E-state index contributed by atoms with van der Waals surface area (Å²) in [6.45, 7) is 3.23. The van der Waals surface area contributed by atoms with Crippen LogP contribution in [-0.4, -0.2) is 29.5 Å². The summed E-state index contributed by atoms with van der Waals surface area (Å²) < 4.78 is 12.4. The number of ether oxygens (including phenoxy) is 2. The number of nitrogens with zero attached hydrogens (tertiary/aromatic N) is 1. The van der Waals surface area contributed by atoms with Gasteiger partial charge in [-0.25, -0.2) is 4.79 Å². The molecule has 0 bridgehead atoms. The van der Waals surface area contributed by atoms with Crippen molar-refractivity contribution in [3.8, 4) is 5.75 Å². The molecule has 1 aromatic heterocycles. The van der Waals surface area contributed by atoms with Crippen LogP contribution in [0.25, 0.3) is 0 Å². The number of carbonyl (C=O) groups excluding carboxylic acids is 2. The third kappa shape index (κ3) is 5.25. The molecule has 0 spiro atoms. The Morgan fingerprint density at radius 3 is 2.21 bits per heavy atom. The topological polar surface area (TPSA) is 69.6 Å². The summed E-state index contributed by atoms with van der Waals surface area (Å²) in [4.78, 5) is 24.2. The molecule has 0 saturated carbocycles. The number of para-hydroxylation sites is 1. The summed E-state index contributed by atoms with van der Waals surface area (Å²) in [6.07, 6.45) is 0. The van der Waals surface area contributed by atoms with Crippen LogP contribution in [0.1, 0.15) is 21.7 Å². The highest BCUT2D eigenvalue weighted by Crippen LogP contribution is 2.20. The second-order valence-corrected chi connectivity index (χ2v) is 6.73. The molecule has 3 rings (SSSR count). The van der Waals surface area contributed by atoms with Crippen LogP contribution in [0.5, 0.6) is 5.75 Å². The van der Waals surface area contributed by atoms with Crippen LogP contribution in [0.2, 0.25) is 0 Å². The normalized spacial score (nSPS) is 10.4. The lowest BCUT2D eigenvalue weighted by molar-refractivity contribution is -0.144. The van der Waals surface area contributed by atoms with E-state index in [2.05, 4.69) is 5.32 Å². The molecule has 0 aliphatic rings. The van der Waals surface area contributed by atoms with E-state index in [4.69, 9.17) is 9.47 Å². The Morgan fingerprint density at radius 1 is 0.931 bits per heavy atom. The zero-order valence-corrected chi connectivity index (χ0v) is 16.8. The Labute approximate surface area is 170 Å². The van der Waals surface area contributed by atoms with Crippen LogP contribution in [-0.2, 0) is 16.6 Å². The van der Waals surface area contributed by atoms with E-state index in [1.165, 1.54) is 0 Å². The first-order valence-corrected chi connectivity index (χ1v) is 9.30. The summed E-state index contributed by atoms with van der Waals surface area (Å²) in [5, 5.41) is 3.27. The van der Waals surface area contributed by atoms with Gasteiger partial charge in [-0.15, -0.1) is 0 Å². The number of aromatic nitrogens is 1. The molecule has 150 valence electrons. The number of hydrogen-bond donors (Lipinski definition) is 1. The maximum absolute atomic E-state index is 12.3. The minimum absolute atomic E-state index is 0.226. The van der Waals surface area contributed by atoms with Crippen molar-refractivity contribution in [2.75, 3.05) is 18.5 Å². The first kappa shape index (κ1) is 20.2. The van der Waals surface area contributed by atoms with Gasteiger partial charge in [0.25, 0.3) is 0 Å². The summed E-state index contributed by atoms with van der Waals surface area (Å²) in [5.41, 5.74) is 4.29. The minimum atomic E-state index is -0.588. The quantitative estimate of drug-likeness (QED) is 0.460. The van der Waals surface area contributed by atoms with Crippen molar-refractivity contribution in [1.29, 1.82) is 0 Å². The average Bonchev–Trinajstić information content (AvgIpc) is 2.99. The summed E-state index contributed by atoms with van der Waals surface area (Å²) in [6, 6.07) is 18.9. The summed E-state index contributed by atoms with van der Waals surface area (Å²) in [5.74, 6) is -0.271. The van der Waals surface area contributed by atoms with Crippen LogP contribution >= 0.6 is 0 Å². The number of benzene rings is 2. The highest BCUT2D eigenvalue weighted by atomic mass is 16.6.